The Morgan fingerprint density at radius 2 is 2.00 bits per heavy atom. The summed E-state index contributed by atoms with van der Waals surface area (Å²) in [5.74, 6) is -1.83. The van der Waals surface area contributed by atoms with Crippen LogP contribution in [-0.4, -0.2) is 17.8 Å². The van der Waals surface area contributed by atoms with Crippen LogP contribution in [0.4, 0.5) is 10.5 Å². The number of amides is 4. The summed E-state index contributed by atoms with van der Waals surface area (Å²) < 4.78 is 5.24. The molecule has 0 radical (unpaired) electrons. The predicted molar refractivity (Wildman–Crippen MR) is 95.3 cm³/mol. The zero-order valence-electron chi connectivity index (χ0n) is 13.9. The summed E-state index contributed by atoms with van der Waals surface area (Å²) in [5.41, 5.74) is 0.714. The Balaban J connectivity index is 1.85. The van der Waals surface area contributed by atoms with Crippen molar-refractivity contribution in [3.05, 3.63) is 65.2 Å². The van der Waals surface area contributed by atoms with Crippen molar-refractivity contribution >= 4 is 35.1 Å². The predicted octanol–water partition coefficient (Wildman–Crippen LogP) is 2.83. The van der Waals surface area contributed by atoms with Crippen molar-refractivity contribution in [2.24, 2.45) is 5.92 Å². The van der Waals surface area contributed by atoms with Crippen LogP contribution in [0.25, 0.3) is 0 Å². The van der Waals surface area contributed by atoms with Gasteiger partial charge in [-0.25, -0.2) is 9.69 Å². The van der Waals surface area contributed by atoms with E-state index < -0.39 is 23.8 Å². The average molecular weight is 374 g/mol. The summed E-state index contributed by atoms with van der Waals surface area (Å²) in [4.78, 5) is 38.3. The van der Waals surface area contributed by atoms with Crippen LogP contribution in [0.3, 0.4) is 0 Å². The Hall–Kier alpha value is -3.06. The minimum Gasteiger partial charge on any atom is -0.467 e. The van der Waals surface area contributed by atoms with Gasteiger partial charge in [0.25, 0.3) is 5.91 Å². The number of hydrogen-bond acceptors (Lipinski definition) is 5. The second-order valence-electron chi connectivity index (χ2n) is 5.55. The van der Waals surface area contributed by atoms with E-state index in [0.29, 0.717) is 28.7 Å². The molecule has 2 N–H and O–H groups in total. The lowest BCUT2D eigenvalue weighted by molar-refractivity contribution is -0.132. The molecule has 1 fully saturated rings. The average Bonchev–Trinajstić information content (AvgIpc) is 3.12. The van der Waals surface area contributed by atoms with Crippen molar-refractivity contribution in [2.45, 2.75) is 13.5 Å². The molecular formula is C18H16ClN3O4. The first-order valence-electron chi connectivity index (χ1n) is 7.88. The molecule has 1 saturated heterocycles. The molecule has 2 aromatic rings. The van der Waals surface area contributed by atoms with Crippen LogP contribution in [0.5, 0.6) is 0 Å². The van der Waals surface area contributed by atoms with Gasteiger partial charge >= 0.3 is 6.03 Å². The zero-order chi connectivity index (χ0) is 18.7. The first kappa shape index (κ1) is 17.8. The SMILES string of the molecule is C/C=C(/NCc1ccco1)[C@@H]1C(=O)NC(=O)N(c2ccc(Cl)cc2)C1=O. The number of hydrogen-bond donors (Lipinski definition) is 2. The third kappa shape index (κ3) is 3.48. The van der Waals surface area contributed by atoms with Crippen molar-refractivity contribution in [2.75, 3.05) is 4.90 Å². The van der Waals surface area contributed by atoms with Gasteiger partial charge in [0.1, 0.15) is 5.76 Å². The zero-order valence-corrected chi connectivity index (χ0v) is 14.6. The van der Waals surface area contributed by atoms with Crippen LogP contribution in [-0.2, 0) is 16.1 Å². The maximum atomic E-state index is 12.9. The number of nitrogens with one attached hydrogen (secondary N) is 2. The van der Waals surface area contributed by atoms with Crippen LogP contribution in [0.2, 0.25) is 5.02 Å². The van der Waals surface area contributed by atoms with Crippen LogP contribution >= 0.6 is 11.6 Å². The molecule has 1 atom stereocenters. The van der Waals surface area contributed by atoms with E-state index in [4.69, 9.17) is 16.0 Å². The molecule has 1 aliphatic heterocycles. The van der Waals surface area contributed by atoms with E-state index in [1.807, 2.05) is 0 Å². The van der Waals surface area contributed by atoms with Crippen molar-refractivity contribution in [1.82, 2.24) is 10.6 Å². The van der Waals surface area contributed by atoms with Gasteiger partial charge in [-0.15, -0.1) is 0 Å². The second kappa shape index (κ2) is 7.45. The lowest BCUT2D eigenvalue weighted by atomic mass is 9.99. The monoisotopic (exact) mass is 373 g/mol. The lowest BCUT2D eigenvalue weighted by Crippen LogP contribution is -2.59. The maximum absolute atomic E-state index is 12.9. The molecule has 0 spiro atoms. The van der Waals surface area contributed by atoms with Gasteiger partial charge in [0, 0.05) is 10.7 Å². The van der Waals surface area contributed by atoms with Crippen LogP contribution in [0.15, 0.2) is 58.9 Å². The van der Waals surface area contributed by atoms with Crippen LogP contribution in [0.1, 0.15) is 12.7 Å². The number of halogens is 1. The van der Waals surface area contributed by atoms with E-state index >= 15 is 0 Å². The number of anilines is 1. The summed E-state index contributed by atoms with van der Waals surface area (Å²) in [5, 5.41) is 5.72. The van der Waals surface area contributed by atoms with E-state index in [2.05, 4.69) is 10.6 Å². The summed E-state index contributed by atoms with van der Waals surface area (Å²) in [6.45, 7) is 2.01. The number of furan rings is 1. The minimum atomic E-state index is -1.16. The second-order valence-corrected chi connectivity index (χ2v) is 5.99. The number of allylic oxidation sites excluding steroid dienone is 1. The van der Waals surface area contributed by atoms with E-state index in [9.17, 15) is 14.4 Å². The van der Waals surface area contributed by atoms with E-state index in [1.165, 1.54) is 18.4 Å². The quantitative estimate of drug-likeness (QED) is 0.786. The highest BCUT2D eigenvalue weighted by Crippen LogP contribution is 2.25. The fourth-order valence-corrected chi connectivity index (χ4v) is 2.78. The van der Waals surface area contributed by atoms with E-state index in [1.54, 1.807) is 37.3 Å². The normalized spacial score (nSPS) is 18.1. The fourth-order valence-electron chi connectivity index (χ4n) is 2.66. The third-order valence-electron chi connectivity index (χ3n) is 3.92. The van der Waals surface area contributed by atoms with Crippen molar-refractivity contribution in [3.63, 3.8) is 0 Å². The van der Waals surface area contributed by atoms with E-state index in [-0.39, 0.29) is 0 Å². The molecule has 1 aromatic heterocycles. The summed E-state index contributed by atoms with van der Waals surface area (Å²) in [7, 11) is 0. The molecule has 0 bridgehead atoms. The van der Waals surface area contributed by atoms with Crippen molar-refractivity contribution in [1.29, 1.82) is 0 Å². The number of rotatable bonds is 5. The van der Waals surface area contributed by atoms with Crippen LogP contribution in [0, 0.1) is 5.92 Å². The number of barbiturate groups is 1. The molecule has 0 unspecified atom stereocenters. The van der Waals surface area contributed by atoms with Crippen molar-refractivity contribution < 1.29 is 18.8 Å². The number of carbonyl (C=O) groups excluding carboxylic acids is 3. The van der Waals surface area contributed by atoms with Gasteiger partial charge in [-0.3, -0.25) is 14.9 Å². The Kier molecular flexibility index (Phi) is 5.09. The standard InChI is InChI=1S/C18H16ClN3O4/c1-2-14(20-10-13-4-3-9-26-13)15-16(23)21-18(25)22(17(15)24)12-7-5-11(19)6-8-12/h2-9,15,20H,10H2,1H3,(H,21,23,25)/b14-2+/t15-/m1/s1. The van der Waals surface area contributed by atoms with Gasteiger partial charge in [-0.2, -0.15) is 0 Å². The van der Waals surface area contributed by atoms with Gasteiger partial charge in [-0.05, 0) is 43.3 Å². The molecule has 4 amide bonds. The Bertz CT molecular complexity index is 859. The first-order chi connectivity index (χ1) is 12.5. The molecule has 1 aromatic carbocycles. The summed E-state index contributed by atoms with van der Waals surface area (Å²) >= 11 is 5.85. The van der Waals surface area contributed by atoms with Gasteiger partial charge in [-0.1, -0.05) is 17.7 Å². The molecule has 0 saturated carbocycles. The molecule has 8 heteroatoms. The molecular weight excluding hydrogens is 358 g/mol. The number of carbonyl (C=O) groups is 3. The molecule has 1 aliphatic rings. The largest absolute Gasteiger partial charge is 0.467 e. The summed E-state index contributed by atoms with van der Waals surface area (Å²) in [6.07, 6.45) is 3.16. The molecule has 0 aliphatic carbocycles. The molecule has 134 valence electrons. The van der Waals surface area contributed by atoms with E-state index in [0.717, 1.165) is 4.90 Å². The van der Waals surface area contributed by atoms with Gasteiger partial charge in [0.05, 0.1) is 18.5 Å². The lowest BCUT2D eigenvalue weighted by Gasteiger charge is -2.31. The summed E-state index contributed by atoms with van der Waals surface area (Å²) in [6, 6.07) is 8.93. The number of benzene rings is 1. The van der Waals surface area contributed by atoms with Crippen LogP contribution < -0.4 is 15.5 Å². The smallest absolute Gasteiger partial charge is 0.335 e. The molecule has 3 rings (SSSR count). The Morgan fingerprint density at radius 1 is 1.27 bits per heavy atom. The Labute approximate surface area is 154 Å². The van der Waals surface area contributed by atoms with Gasteiger partial charge < -0.3 is 9.73 Å². The highest BCUT2D eigenvalue weighted by molar-refractivity contribution is 6.31. The van der Waals surface area contributed by atoms with Crippen molar-refractivity contribution in [3.8, 4) is 0 Å². The molecule has 7 nitrogen and oxygen atoms in total. The fraction of sp³-hybridized carbons (Fsp3) is 0.167. The Morgan fingerprint density at radius 3 is 2.62 bits per heavy atom. The highest BCUT2D eigenvalue weighted by atomic mass is 35.5. The minimum absolute atomic E-state index is 0.304. The first-order valence-corrected chi connectivity index (χ1v) is 8.26. The topological polar surface area (TPSA) is 91.7 Å². The van der Waals surface area contributed by atoms with Gasteiger partial charge in [0.15, 0.2) is 5.92 Å². The molecule has 26 heavy (non-hydrogen) atoms. The number of nitrogens with zero attached hydrogens (tertiary/aromatic N) is 1. The number of imide groups is 2. The molecule has 2 heterocycles. The van der Waals surface area contributed by atoms with Gasteiger partial charge in [0.2, 0.25) is 5.91 Å². The number of urea groups is 1. The maximum Gasteiger partial charge on any atom is 0.335 e. The third-order valence-corrected chi connectivity index (χ3v) is 4.17. The highest BCUT2D eigenvalue weighted by Gasteiger charge is 2.43.